The van der Waals surface area contributed by atoms with Crippen molar-refractivity contribution in [2.45, 2.75) is 25.9 Å². The van der Waals surface area contributed by atoms with Crippen LogP contribution in [0.15, 0.2) is 22.7 Å². The zero-order valence-corrected chi connectivity index (χ0v) is 11.4. The summed E-state index contributed by atoms with van der Waals surface area (Å²) in [5.74, 6) is 0.603. The molecule has 0 saturated carbocycles. The molecule has 0 amide bonds. The minimum atomic E-state index is -0.241. The van der Waals surface area contributed by atoms with E-state index in [2.05, 4.69) is 25.5 Å². The molecule has 0 fully saturated rings. The SMILES string of the molecule is NCc1nc(-c2cc(Br)ccc2F)c2n1CCC2. The highest BCUT2D eigenvalue weighted by molar-refractivity contribution is 9.10. The zero-order valence-electron chi connectivity index (χ0n) is 9.79. The summed E-state index contributed by atoms with van der Waals surface area (Å²) in [6.07, 6.45) is 2.02. The summed E-state index contributed by atoms with van der Waals surface area (Å²) in [7, 11) is 0. The van der Waals surface area contributed by atoms with Gasteiger partial charge in [0.25, 0.3) is 0 Å². The topological polar surface area (TPSA) is 43.8 Å². The van der Waals surface area contributed by atoms with Gasteiger partial charge < -0.3 is 10.3 Å². The number of hydrogen-bond donors (Lipinski definition) is 1. The predicted octanol–water partition coefficient (Wildman–Crippen LogP) is 2.86. The van der Waals surface area contributed by atoms with Gasteiger partial charge in [-0.15, -0.1) is 0 Å². The summed E-state index contributed by atoms with van der Waals surface area (Å²) in [6, 6.07) is 4.93. The van der Waals surface area contributed by atoms with Gasteiger partial charge in [-0.2, -0.15) is 0 Å². The molecule has 0 aliphatic carbocycles. The molecule has 0 spiro atoms. The van der Waals surface area contributed by atoms with Gasteiger partial charge in [-0.25, -0.2) is 9.37 Å². The van der Waals surface area contributed by atoms with Crippen LogP contribution in [0.2, 0.25) is 0 Å². The third-order valence-electron chi connectivity index (χ3n) is 3.31. The standard InChI is InChI=1S/C13H13BrFN3/c14-8-3-4-10(15)9(6-8)13-11-2-1-5-18(11)12(7-16)17-13/h3-4,6H,1-2,5,7,16H2. The van der Waals surface area contributed by atoms with Crippen molar-refractivity contribution in [3.63, 3.8) is 0 Å². The Balaban J connectivity index is 2.20. The fourth-order valence-electron chi connectivity index (χ4n) is 2.51. The Morgan fingerprint density at radius 1 is 1.44 bits per heavy atom. The minimum Gasteiger partial charge on any atom is -0.330 e. The van der Waals surface area contributed by atoms with E-state index in [0.29, 0.717) is 12.1 Å². The van der Waals surface area contributed by atoms with Crippen LogP contribution in [0.5, 0.6) is 0 Å². The molecule has 2 N–H and O–H groups in total. The first-order valence-electron chi connectivity index (χ1n) is 5.94. The van der Waals surface area contributed by atoms with E-state index in [1.54, 1.807) is 12.1 Å². The second-order valence-electron chi connectivity index (χ2n) is 4.41. The average Bonchev–Trinajstić information content (AvgIpc) is 2.93. The van der Waals surface area contributed by atoms with E-state index in [1.807, 2.05) is 0 Å². The molecule has 0 bridgehead atoms. The van der Waals surface area contributed by atoms with Gasteiger partial charge in [-0.3, -0.25) is 0 Å². The molecule has 18 heavy (non-hydrogen) atoms. The Bertz CT molecular complexity index is 607. The first-order chi connectivity index (χ1) is 8.70. The van der Waals surface area contributed by atoms with Gasteiger partial charge in [0.15, 0.2) is 0 Å². The molecule has 0 unspecified atom stereocenters. The smallest absolute Gasteiger partial charge is 0.132 e. The lowest BCUT2D eigenvalue weighted by Crippen LogP contribution is -2.06. The van der Waals surface area contributed by atoms with Crippen LogP contribution in [0.1, 0.15) is 17.9 Å². The quantitative estimate of drug-likeness (QED) is 0.927. The van der Waals surface area contributed by atoms with Crippen molar-refractivity contribution >= 4 is 15.9 Å². The molecule has 3 nitrogen and oxygen atoms in total. The molecule has 1 aliphatic rings. The first kappa shape index (κ1) is 11.9. The number of rotatable bonds is 2. The number of hydrogen-bond acceptors (Lipinski definition) is 2. The van der Waals surface area contributed by atoms with Gasteiger partial charge in [0.2, 0.25) is 0 Å². The van der Waals surface area contributed by atoms with Crippen LogP contribution in [0.3, 0.4) is 0 Å². The highest BCUT2D eigenvalue weighted by atomic mass is 79.9. The van der Waals surface area contributed by atoms with Gasteiger partial charge in [0, 0.05) is 22.3 Å². The number of halogens is 2. The van der Waals surface area contributed by atoms with Gasteiger partial charge in [-0.05, 0) is 31.0 Å². The Labute approximate surface area is 113 Å². The third kappa shape index (κ3) is 1.78. The highest BCUT2D eigenvalue weighted by Crippen LogP contribution is 2.32. The summed E-state index contributed by atoms with van der Waals surface area (Å²) in [4.78, 5) is 4.50. The van der Waals surface area contributed by atoms with Gasteiger partial charge in [-0.1, -0.05) is 15.9 Å². The van der Waals surface area contributed by atoms with Crippen LogP contribution in [0.25, 0.3) is 11.3 Å². The number of aromatic nitrogens is 2. The maximum atomic E-state index is 13.9. The number of nitrogens with two attached hydrogens (primary N) is 1. The highest BCUT2D eigenvalue weighted by Gasteiger charge is 2.23. The monoisotopic (exact) mass is 309 g/mol. The van der Waals surface area contributed by atoms with E-state index in [1.165, 1.54) is 6.07 Å². The molecule has 5 heteroatoms. The van der Waals surface area contributed by atoms with Gasteiger partial charge >= 0.3 is 0 Å². The van der Waals surface area contributed by atoms with E-state index in [4.69, 9.17) is 5.73 Å². The van der Waals surface area contributed by atoms with Gasteiger partial charge in [0.05, 0.1) is 12.2 Å². The lowest BCUT2D eigenvalue weighted by Gasteiger charge is -2.03. The van der Waals surface area contributed by atoms with Crippen LogP contribution >= 0.6 is 15.9 Å². The van der Waals surface area contributed by atoms with Crippen molar-refractivity contribution in [2.75, 3.05) is 0 Å². The third-order valence-corrected chi connectivity index (χ3v) is 3.81. The molecule has 2 aromatic rings. The van der Waals surface area contributed by atoms with Crippen molar-refractivity contribution in [1.29, 1.82) is 0 Å². The summed E-state index contributed by atoms with van der Waals surface area (Å²) in [5.41, 5.74) is 8.09. The molecule has 2 heterocycles. The van der Waals surface area contributed by atoms with Crippen molar-refractivity contribution in [2.24, 2.45) is 5.73 Å². The van der Waals surface area contributed by atoms with Crippen molar-refractivity contribution in [3.8, 4) is 11.3 Å². The van der Waals surface area contributed by atoms with E-state index < -0.39 is 0 Å². The first-order valence-corrected chi connectivity index (χ1v) is 6.74. The number of fused-ring (bicyclic) bond motifs is 1. The zero-order chi connectivity index (χ0) is 12.7. The maximum Gasteiger partial charge on any atom is 0.132 e. The molecule has 0 saturated heterocycles. The molecular formula is C13H13BrFN3. The number of nitrogens with zero attached hydrogens (tertiary/aromatic N) is 2. The Kier molecular flexibility index (Phi) is 2.95. The number of imidazole rings is 1. The molecule has 1 aromatic carbocycles. The van der Waals surface area contributed by atoms with Gasteiger partial charge in [0.1, 0.15) is 11.6 Å². The van der Waals surface area contributed by atoms with Crippen LogP contribution in [0, 0.1) is 5.82 Å². The van der Waals surface area contributed by atoms with Crippen molar-refractivity contribution in [3.05, 3.63) is 40.0 Å². The van der Waals surface area contributed by atoms with E-state index in [0.717, 1.165) is 41.1 Å². The number of benzene rings is 1. The molecule has 0 atom stereocenters. The fraction of sp³-hybridized carbons (Fsp3) is 0.308. The lowest BCUT2D eigenvalue weighted by atomic mass is 10.1. The summed E-state index contributed by atoms with van der Waals surface area (Å²) in [5, 5.41) is 0. The summed E-state index contributed by atoms with van der Waals surface area (Å²) in [6.45, 7) is 1.33. The maximum absolute atomic E-state index is 13.9. The van der Waals surface area contributed by atoms with Crippen molar-refractivity contribution in [1.82, 2.24) is 9.55 Å². The Morgan fingerprint density at radius 3 is 3.06 bits per heavy atom. The fourth-order valence-corrected chi connectivity index (χ4v) is 2.87. The normalized spacial score (nSPS) is 13.9. The summed E-state index contributed by atoms with van der Waals surface area (Å²) < 4.78 is 16.9. The van der Waals surface area contributed by atoms with Crippen LogP contribution < -0.4 is 5.73 Å². The predicted molar refractivity (Wildman–Crippen MR) is 71.5 cm³/mol. The van der Waals surface area contributed by atoms with E-state index in [-0.39, 0.29) is 5.82 Å². The molecule has 1 aromatic heterocycles. The largest absolute Gasteiger partial charge is 0.330 e. The van der Waals surface area contributed by atoms with Crippen LogP contribution in [-0.2, 0) is 19.5 Å². The van der Waals surface area contributed by atoms with E-state index >= 15 is 0 Å². The average molecular weight is 310 g/mol. The minimum absolute atomic E-state index is 0.241. The lowest BCUT2D eigenvalue weighted by molar-refractivity contribution is 0.630. The van der Waals surface area contributed by atoms with Crippen LogP contribution in [-0.4, -0.2) is 9.55 Å². The summed E-state index contributed by atoms with van der Waals surface area (Å²) >= 11 is 3.37. The molecular weight excluding hydrogens is 297 g/mol. The molecule has 3 rings (SSSR count). The van der Waals surface area contributed by atoms with E-state index in [9.17, 15) is 4.39 Å². The Morgan fingerprint density at radius 2 is 2.28 bits per heavy atom. The molecule has 1 aliphatic heterocycles. The Hall–Kier alpha value is -1.20. The van der Waals surface area contributed by atoms with Crippen molar-refractivity contribution < 1.29 is 4.39 Å². The second kappa shape index (κ2) is 4.48. The molecule has 94 valence electrons. The molecule has 0 radical (unpaired) electrons. The second-order valence-corrected chi connectivity index (χ2v) is 5.32. The van der Waals surface area contributed by atoms with Crippen LogP contribution in [0.4, 0.5) is 4.39 Å².